The Labute approximate surface area is 132 Å². The number of nitrogens with one attached hydrogen (secondary N) is 1. The Hall–Kier alpha value is -1.18. The van der Waals surface area contributed by atoms with E-state index in [2.05, 4.69) is 25.0 Å². The van der Waals surface area contributed by atoms with E-state index in [0.717, 1.165) is 33.9 Å². The second-order valence-electron chi connectivity index (χ2n) is 5.92. The summed E-state index contributed by atoms with van der Waals surface area (Å²) in [6.07, 6.45) is 3.96. The topological polar surface area (TPSA) is 67.1 Å². The third-order valence-corrected chi connectivity index (χ3v) is 5.94. The highest BCUT2D eigenvalue weighted by molar-refractivity contribution is 7.15. The minimum atomic E-state index is 0.505. The van der Waals surface area contributed by atoms with E-state index in [9.17, 15) is 0 Å². The van der Waals surface area contributed by atoms with Crippen molar-refractivity contribution >= 4 is 33.7 Å². The molecule has 1 aliphatic heterocycles. The maximum Gasteiger partial charge on any atom is 0.149 e. The zero-order valence-corrected chi connectivity index (χ0v) is 13.6. The van der Waals surface area contributed by atoms with Gasteiger partial charge in [0, 0.05) is 36.2 Å². The van der Waals surface area contributed by atoms with E-state index in [-0.39, 0.29) is 0 Å². The monoisotopic (exact) mass is 321 g/mol. The summed E-state index contributed by atoms with van der Waals surface area (Å²) in [5.74, 6) is 0.592. The molecule has 2 aliphatic rings. The Balaban J connectivity index is 1.53. The zero-order valence-electron chi connectivity index (χ0n) is 12.0. The summed E-state index contributed by atoms with van der Waals surface area (Å²) < 4.78 is 4.32. The fraction of sp³-hybridized carbons (Fsp3) is 0.571. The lowest BCUT2D eigenvalue weighted by Gasteiger charge is -2.16. The van der Waals surface area contributed by atoms with Crippen LogP contribution in [-0.4, -0.2) is 39.4 Å². The van der Waals surface area contributed by atoms with E-state index in [1.165, 1.54) is 37.3 Å². The van der Waals surface area contributed by atoms with Crippen molar-refractivity contribution in [1.82, 2.24) is 14.3 Å². The van der Waals surface area contributed by atoms with Gasteiger partial charge in [-0.3, -0.25) is 4.90 Å². The van der Waals surface area contributed by atoms with E-state index >= 15 is 0 Å². The second-order valence-corrected chi connectivity index (χ2v) is 7.55. The van der Waals surface area contributed by atoms with Gasteiger partial charge in [-0.05, 0) is 37.7 Å². The Kier molecular flexibility index (Phi) is 3.35. The average molecular weight is 321 g/mol. The number of thiazole rings is 1. The first-order valence-electron chi connectivity index (χ1n) is 7.39. The fourth-order valence-corrected chi connectivity index (χ4v) is 4.65. The van der Waals surface area contributed by atoms with E-state index < -0.39 is 0 Å². The Morgan fingerprint density at radius 2 is 2.24 bits per heavy atom. The van der Waals surface area contributed by atoms with Gasteiger partial charge in [0.2, 0.25) is 0 Å². The van der Waals surface area contributed by atoms with Gasteiger partial charge in [-0.25, -0.2) is 4.98 Å². The molecule has 0 bridgehead atoms. The SMILES string of the molecule is Cc1csc(-c2c(N)nsc2NC2CCN(C3CC3)C2)n1. The average Bonchev–Trinajstić information content (AvgIpc) is 2.88. The smallest absolute Gasteiger partial charge is 0.149 e. The summed E-state index contributed by atoms with van der Waals surface area (Å²) in [4.78, 5) is 7.16. The predicted molar refractivity (Wildman–Crippen MR) is 89.0 cm³/mol. The summed E-state index contributed by atoms with van der Waals surface area (Å²) in [6, 6.07) is 1.36. The maximum absolute atomic E-state index is 6.06. The van der Waals surface area contributed by atoms with Crippen LogP contribution in [0.2, 0.25) is 0 Å². The molecule has 0 aromatic carbocycles. The molecule has 112 valence electrons. The highest BCUT2D eigenvalue weighted by Gasteiger charge is 2.34. The number of likely N-dealkylation sites (tertiary alicyclic amines) is 1. The summed E-state index contributed by atoms with van der Waals surface area (Å²) in [5, 5.41) is 7.75. The largest absolute Gasteiger partial charge is 0.382 e. The molecule has 1 atom stereocenters. The number of nitrogens with zero attached hydrogens (tertiary/aromatic N) is 3. The molecule has 1 saturated heterocycles. The van der Waals surface area contributed by atoms with Crippen molar-refractivity contribution in [2.75, 3.05) is 24.1 Å². The third-order valence-electron chi connectivity index (χ3n) is 4.17. The minimum Gasteiger partial charge on any atom is -0.382 e. The van der Waals surface area contributed by atoms with Crippen molar-refractivity contribution in [3.8, 4) is 10.6 Å². The third kappa shape index (κ3) is 2.65. The lowest BCUT2D eigenvalue weighted by molar-refractivity contribution is 0.326. The molecule has 4 rings (SSSR count). The van der Waals surface area contributed by atoms with Crippen molar-refractivity contribution in [2.45, 2.75) is 38.3 Å². The molecule has 3 heterocycles. The van der Waals surface area contributed by atoms with Crippen LogP contribution in [0.5, 0.6) is 0 Å². The van der Waals surface area contributed by atoms with Crippen LogP contribution in [0.3, 0.4) is 0 Å². The van der Waals surface area contributed by atoms with Gasteiger partial charge in [-0.1, -0.05) is 0 Å². The number of nitrogens with two attached hydrogens (primary N) is 1. The van der Waals surface area contributed by atoms with Crippen molar-refractivity contribution in [1.29, 1.82) is 0 Å². The zero-order chi connectivity index (χ0) is 14.4. The van der Waals surface area contributed by atoms with Gasteiger partial charge in [0.15, 0.2) is 0 Å². The van der Waals surface area contributed by atoms with Gasteiger partial charge in [0.1, 0.15) is 15.8 Å². The van der Waals surface area contributed by atoms with Crippen LogP contribution in [0, 0.1) is 6.92 Å². The molecule has 1 saturated carbocycles. The molecule has 5 nitrogen and oxygen atoms in total. The van der Waals surface area contributed by atoms with E-state index in [1.807, 2.05) is 6.92 Å². The van der Waals surface area contributed by atoms with Gasteiger partial charge >= 0.3 is 0 Å². The number of hydrogen-bond donors (Lipinski definition) is 2. The predicted octanol–water partition coefficient (Wildman–Crippen LogP) is 2.81. The summed E-state index contributed by atoms with van der Waals surface area (Å²) in [7, 11) is 0. The number of anilines is 2. The molecule has 2 aromatic rings. The van der Waals surface area contributed by atoms with Crippen molar-refractivity contribution in [2.24, 2.45) is 0 Å². The Morgan fingerprint density at radius 3 is 2.95 bits per heavy atom. The molecule has 0 spiro atoms. The van der Waals surface area contributed by atoms with Crippen LogP contribution in [0.25, 0.3) is 10.6 Å². The number of nitrogen functional groups attached to an aromatic ring is 1. The molecular formula is C14H19N5S2. The van der Waals surface area contributed by atoms with Gasteiger partial charge in [-0.15, -0.1) is 11.3 Å². The summed E-state index contributed by atoms with van der Waals surface area (Å²) >= 11 is 3.09. The van der Waals surface area contributed by atoms with Gasteiger partial charge in [0.05, 0.1) is 5.56 Å². The summed E-state index contributed by atoms with van der Waals surface area (Å²) in [6.45, 7) is 4.36. The molecule has 2 aromatic heterocycles. The number of aromatic nitrogens is 2. The van der Waals surface area contributed by atoms with Crippen LogP contribution in [0.1, 0.15) is 25.0 Å². The first-order chi connectivity index (χ1) is 10.2. The Bertz CT molecular complexity index is 646. The van der Waals surface area contributed by atoms with Crippen LogP contribution in [0.4, 0.5) is 10.8 Å². The molecule has 1 aliphatic carbocycles. The number of aryl methyl sites for hydroxylation is 1. The molecule has 7 heteroatoms. The quantitative estimate of drug-likeness (QED) is 0.906. The Morgan fingerprint density at radius 1 is 1.38 bits per heavy atom. The van der Waals surface area contributed by atoms with Crippen molar-refractivity contribution in [3.63, 3.8) is 0 Å². The maximum atomic E-state index is 6.06. The second kappa shape index (κ2) is 5.23. The van der Waals surface area contributed by atoms with Crippen molar-refractivity contribution < 1.29 is 0 Å². The molecule has 21 heavy (non-hydrogen) atoms. The van der Waals surface area contributed by atoms with Gasteiger partial charge in [0.25, 0.3) is 0 Å². The van der Waals surface area contributed by atoms with Gasteiger partial charge in [-0.2, -0.15) is 4.37 Å². The lowest BCUT2D eigenvalue weighted by Crippen LogP contribution is -2.27. The van der Waals surface area contributed by atoms with Gasteiger partial charge < -0.3 is 11.1 Å². The molecule has 2 fully saturated rings. The van der Waals surface area contributed by atoms with E-state index in [0.29, 0.717) is 11.9 Å². The minimum absolute atomic E-state index is 0.505. The fourth-order valence-electron chi connectivity index (χ4n) is 2.94. The number of hydrogen-bond acceptors (Lipinski definition) is 7. The molecule has 3 N–H and O–H groups in total. The first kappa shape index (κ1) is 13.5. The number of rotatable bonds is 4. The molecular weight excluding hydrogens is 302 g/mol. The van der Waals surface area contributed by atoms with Crippen LogP contribution in [0.15, 0.2) is 5.38 Å². The standard InChI is InChI=1S/C14H19N5S2/c1-8-7-20-13(16-8)11-12(15)18-21-14(11)17-9-4-5-19(6-9)10-2-3-10/h7,9-10,17H,2-6H2,1H3,(H2,15,18). The molecule has 0 amide bonds. The van der Waals surface area contributed by atoms with Crippen LogP contribution < -0.4 is 11.1 Å². The summed E-state index contributed by atoms with van der Waals surface area (Å²) in [5.41, 5.74) is 8.08. The van der Waals surface area contributed by atoms with Crippen molar-refractivity contribution in [3.05, 3.63) is 11.1 Å². The molecule has 1 unspecified atom stereocenters. The van der Waals surface area contributed by atoms with E-state index in [1.54, 1.807) is 11.3 Å². The molecule has 0 radical (unpaired) electrons. The normalized spacial score (nSPS) is 22.8. The van der Waals surface area contributed by atoms with Crippen LogP contribution >= 0.6 is 22.9 Å². The highest BCUT2D eigenvalue weighted by Crippen LogP contribution is 2.39. The van der Waals surface area contributed by atoms with E-state index in [4.69, 9.17) is 5.73 Å². The van der Waals surface area contributed by atoms with Crippen LogP contribution in [-0.2, 0) is 0 Å². The highest BCUT2D eigenvalue weighted by atomic mass is 32.1. The first-order valence-corrected chi connectivity index (χ1v) is 9.04. The lowest BCUT2D eigenvalue weighted by atomic mass is 10.2.